The predicted octanol–water partition coefficient (Wildman–Crippen LogP) is 17.4. The second kappa shape index (κ2) is 25.0. The van der Waals surface area contributed by atoms with E-state index in [1.807, 2.05) is 27.7 Å². The molecule has 3 aliphatic rings. The van der Waals surface area contributed by atoms with Crippen molar-refractivity contribution in [3.8, 4) is 0 Å². The molecule has 0 amide bonds. The summed E-state index contributed by atoms with van der Waals surface area (Å²) in [4.78, 5) is 0. The highest BCUT2D eigenvalue weighted by molar-refractivity contribution is 5.32. The molecule has 0 N–H and O–H groups in total. The second-order valence-corrected chi connectivity index (χ2v) is 18.7. The Hall–Kier alpha value is -1.20. The fourth-order valence-corrected chi connectivity index (χ4v) is 5.63. The number of benzene rings is 1. The van der Waals surface area contributed by atoms with Crippen molar-refractivity contribution in [2.75, 3.05) is 0 Å². The van der Waals surface area contributed by atoms with E-state index in [0.29, 0.717) is 5.41 Å². The van der Waals surface area contributed by atoms with Crippen molar-refractivity contribution in [1.82, 2.24) is 0 Å². The number of hydrogen-bond acceptors (Lipinski definition) is 0. The van der Waals surface area contributed by atoms with Crippen LogP contribution in [0.25, 0.3) is 0 Å². The standard InChI is InChI=1S/C14H22.C10H16.C5H6F6.C5H12.C4H10.C3H8.2C2H6/c1-13(2,3)11-8-7-9-12(10-11)14(4,5)6;1-2-9-7-4-5-8(6-7)10(9)3-1;1-3(2,4(6,7)8)5(9,10)11;1-5(2,3)4;1-4(2)3;1-3-2;2*1-2/h7-10H,1-6H3;7-10H,1-6H2;1-2H3;1-4H3;4H,1-3H3;3H2,1-2H3;2*1-2H3. The van der Waals surface area contributed by atoms with Crippen LogP contribution >= 0.6 is 0 Å². The molecule has 0 saturated heterocycles. The molecule has 0 nitrogen and oxygen atoms in total. The Labute approximate surface area is 315 Å². The fourth-order valence-electron chi connectivity index (χ4n) is 5.63. The molecule has 3 aliphatic carbocycles. The van der Waals surface area contributed by atoms with Gasteiger partial charge in [0.25, 0.3) is 0 Å². The van der Waals surface area contributed by atoms with Crippen LogP contribution in [-0.4, -0.2) is 12.4 Å². The number of fused-ring (bicyclic) bond motifs is 5. The first kappa shape index (κ1) is 56.5. The Morgan fingerprint density at radius 1 is 0.569 bits per heavy atom. The average molecular weight is 741 g/mol. The molecule has 3 fully saturated rings. The van der Waals surface area contributed by atoms with Crippen molar-refractivity contribution >= 4 is 0 Å². The Morgan fingerprint density at radius 2 is 0.824 bits per heavy atom. The van der Waals surface area contributed by atoms with Crippen LogP contribution in [0.3, 0.4) is 0 Å². The Bertz CT molecular complexity index is 895. The normalized spacial score (nSPS) is 20.6. The van der Waals surface area contributed by atoms with Crippen molar-refractivity contribution in [2.24, 2.45) is 40.4 Å². The van der Waals surface area contributed by atoms with E-state index in [2.05, 4.69) is 128 Å². The summed E-state index contributed by atoms with van der Waals surface area (Å²) in [6.07, 6.45) is 0.295. The Kier molecular flexibility index (Phi) is 27.7. The summed E-state index contributed by atoms with van der Waals surface area (Å²) < 4.78 is 69.7. The molecule has 0 aromatic heterocycles. The zero-order chi connectivity index (χ0) is 41.8. The third kappa shape index (κ3) is 24.7. The molecule has 0 heterocycles. The third-order valence-electron chi connectivity index (χ3n) is 8.36. The predicted molar refractivity (Wildman–Crippen MR) is 216 cm³/mol. The van der Waals surface area contributed by atoms with E-state index < -0.39 is 17.8 Å². The molecular formula is C45H86F6. The number of alkyl halides is 6. The largest absolute Gasteiger partial charge is 0.402 e. The molecule has 0 spiro atoms. The highest BCUT2D eigenvalue weighted by atomic mass is 19.4. The van der Waals surface area contributed by atoms with Crippen molar-refractivity contribution in [1.29, 1.82) is 0 Å². The van der Waals surface area contributed by atoms with Gasteiger partial charge in [-0.1, -0.05) is 169 Å². The van der Waals surface area contributed by atoms with Crippen LogP contribution in [0.4, 0.5) is 26.3 Å². The summed E-state index contributed by atoms with van der Waals surface area (Å²) in [5, 5.41) is 0. The average Bonchev–Trinajstić information content (AvgIpc) is 3.70. The molecule has 4 rings (SSSR count). The smallest absolute Gasteiger partial charge is 0.170 e. The lowest BCUT2D eigenvalue weighted by molar-refractivity contribution is -0.327. The van der Waals surface area contributed by atoms with Gasteiger partial charge in [0.15, 0.2) is 5.41 Å². The molecule has 0 aliphatic heterocycles. The minimum absolute atomic E-state index is 0.104. The van der Waals surface area contributed by atoms with Gasteiger partial charge in [-0.15, -0.1) is 0 Å². The molecule has 1 aromatic carbocycles. The lowest BCUT2D eigenvalue weighted by atomic mass is 9.81. The van der Waals surface area contributed by atoms with Crippen LogP contribution in [0.2, 0.25) is 0 Å². The van der Waals surface area contributed by atoms with Gasteiger partial charge in [-0.2, -0.15) is 26.3 Å². The van der Waals surface area contributed by atoms with Crippen molar-refractivity contribution in [2.45, 2.75) is 214 Å². The first-order chi connectivity index (χ1) is 22.8. The Morgan fingerprint density at radius 3 is 1.02 bits per heavy atom. The summed E-state index contributed by atoms with van der Waals surface area (Å²) in [6.45, 7) is 41.3. The number of halogens is 6. The van der Waals surface area contributed by atoms with Gasteiger partial charge in [-0.05, 0) is 103 Å². The van der Waals surface area contributed by atoms with Crippen molar-refractivity contribution < 1.29 is 26.3 Å². The maximum Gasteiger partial charge on any atom is 0.402 e. The summed E-state index contributed by atoms with van der Waals surface area (Å²) >= 11 is 0. The first-order valence-electron chi connectivity index (χ1n) is 20.1. The van der Waals surface area contributed by atoms with Crippen LogP contribution in [0.15, 0.2) is 24.3 Å². The topological polar surface area (TPSA) is 0 Å². The van der Waals surface area contributed by atoms with Crippen LogP contribution in [0.1, 0.15) is 201 Å². The molecule has 3 saturated carbocycles. The highest BCUT2D eigenvalue weighted by Gasteiger charge is 2.64. The van der Waals surface area contributed by atoms with Gasteiger partial charge >= 0.3 is 12.4 Å². The van der Waals surface area contributed by atoms with Crippen LogP contribution in [0, 0.1) is 40.4 Å². The van der Waals surface area contributed by atoms with E-state index >= 15 is 0 Å². The van der Waals surface area contributed by atoms with E-state index in [4.69, 9.17) is 0 Å². The van der Waals surface area contributed by atoms with Crippen LogP contribution in [0.5, 0.6) is 0 Å². The summed E-state index contributed by atoms with van der Waals surface area (Å²) in [7, 11) is 0. The van der Waals surface area contributed by atoms with E-state index in [9.17, 15) is 26.3 Å². The summed E-state index contributed by atoms with van der Waals surface area (Å²) in [5.74, 6) is 5.63. The molecule has 1 aromatic rings. The van der Waals surface area contributed by atoms with E-state index in [1.165, 1.54) is 41.2 Å². The van der Waals surface area contributed by atoms with Crippen LogP contribution in [-0.2, 0) is 10.8 Å². The van der Waals surface area contributed by atoms with Gasteiger partial charge in [0.1, 0.15) is 0 Å². The van der Waals surface area contributed by atoms with Gasteiger partial charge in [0, 0.05) is 0 Å². The lowest BCUT2D eigenvalue weighted by Gasteiger charge is -2.29. The quantitative estimate of drug-likeness (QED) is 0.232. The molecule has 6 heteroatoms. The fraction of sp³-hybridized carbons (Fsp3) is 0.867. The molecule has 0 radical (unpaired) electrons. The highest BCUT2D eigenvalue weighted by Crippen LogP contribution is 2.58. The second-order valence-electron chi connectivity index (χ2n) is 18.7. The maximum atomic E-state index is 11.6. The van der Waals surface area contributed by atoms with E-state index in [0.717, 1.165) is 5.92 Å². The van der Waals surface area contributed by atoms with Gasteiger partial charge < -0.3 is 0 Å². The van der Waals surface area contributed by atoms with Gasteiger partial charge in [-0.3, -0.25) is 0 Å². The minimum Gasteiger partial charge on any atom is -0.170 e. The van der Waals surface area contributed by atoms with Crippen molar-refractivity contribution in [3.63, 3.8) is 0 Å². The van der Waals surface area contributed by atoms with E-state index in [1.54, 1.807) is 38.5 Å². The zero-order valence-corrected chi connectivity index (χ0v) is 37.4. The number of hydrogen-bond donors (Lipinski definition) is 0. The molecule has 51 heavy (non-hydrogen) atoms. The SMILES string of the molecule is C1CC2C3CCC(C3)C2C1.CC.CC.CC(C)(C(F)(F)F)C(F)(F)F.CC(C)(C)C.CC(C)(C)c1cccc(C(C)(C)C)c1.CC(C)C.CCC. The first-order valence-corrected chi connectivity index (χ1v) is 20.1. The summed E-state index contributed by atoms with van der Waals surface area (Å²) in [5.41, 5.74) is 0.220. The molecule has 4 atom stereocenters. The van der Waals surface area contributed by atoms with Gasteiger partial charge in [-0.25, -0.2) is 0 Å². The van der Waals surface area contributed by atoms with Gasteiger partial charge in [0.2, 0.25) is 0 Å². The molecule has 4 unspecified atom stereocenters. The molecule has 2 bridgehead atoms. The minimum atomic E-state index is -5.24. The summed E-state index contributed by atoms with van der Waals surface area (Å²) in [6, 6.07) is 8.94. The lowest BCUT2D eigenvalue weighted by Crippen LogP contribution is -2.44. The van der Waals surface area contributed by atoms with Crippen molar-refractivity contribution in [3.05, 3.63) is 35.4 Å². The molecule has 308 valence electrons. The number of rotatable bonds is 0. The zero-order valence-electron chi connectivity index (χ0n) is 37.4. The third-order valence-corrected chi connectivity index (χ3v) is 8.36. The van der Waals surface area contributed by atoms with Gasteiger partial charge in [0.05, 0.1) is 0 Å². The monoisotopic (exact) mass is 741 g/mol. The van der Waals surface area contributed by atoms with E-state index in [-0.39, 0.29) is 24.7 Å². The van der Waals surface area contributed by atoms with Crippen LogP contribution < -0.4 is 0 Å². The molecular weight excluding hydrogens is 654 g/mol. The maximum absolute atomic E-state index is 11.6. The Balaban J connectivity index is -0.000000271.